The van der Waals surface area contributed by atoms with Crippen molar-refractivity contribution < 1.29 is 9.18 Å². The highest BCUT2D eigenvalue weighted by Gasteiger charge is 2.30. The lowest BCUT2D eigenvalue weighted by molar-refractivity contribution is -0.115. The zero-order valence-corrected chi connectivity index (χ0v) is 18.0. The van der Waals surface area contributed by atoms with Crippen molar-refractivity contribution in [3.63, 3.8) is 0 Å². The summed E-state index contributed by atoms with van der Waals surface area (Å²) < 4.78 is 12.9. The highest BCUT2D eigenvalue weighted by Crippen LogP contribution is 2.26. The molecule has 1 heterocycles. The summed E-state index contributed by atoms with van der Waals surface area (Å²) in [6.07, 6.45) is 6.45. The predicted molar refractivity (Wildman–Crippen MR) is 117 cm³/mol. The van der Waals surface area contributed by atoms with E-state index in [1.807, 2.05) is 0 Å². The number of anilines is 1. The molecule has 1 saturated carbocycles. The van der Waals surface area contributed by atoms with Gasteiger partial charge in [0.05, 0.1) is 6.54 Å². The Morgan fingerprint density at radius 2 is 1.93 bits per heavy atom. The Morgan fingerprint density at radius 1 is 1.22 bits per heavy atom. The number of nitrogens with one attached hydrogen (secondary N) is 3. The fourth-order valence-electron chi connectivity index (χ4n) is 3.80. The molecule has 27 heavy (non-hydrogen) atoms. The van der Waals surface area contributed by atoms with Gasteiger partial charge in [0.1, 0.15) is 5.82 Å². The zero-order chi connectivity index (χ0) is 18.4. The van der Waals surface area contributed by atoms with Crippen LogP contribution in [0.3, 0.4) is 0 Å². The third-order valence-electron chi connectivity index (χ3n) is 5.17. The molecule has 1 aromatic carbocycles. The highest BCUT2D eigenvalue weighted by molar-refractivity contribution is 14.0. The summed E-state index contributed by atoms with van der Waals surface area (Å²) in [6, 6.07) is 6.83. The van der Waals surface area contributed by atoms with E-state index < -0.39 is 0 Å². The van der Waals surface area contributed by atoms with E-state index in [0.717, 1.165) is 25.6 Å². The van der Waals surface area contributed by atoms with Crippen LogP contribution < -0.4 is 16.0 Å². The maximum atomic E-state index is 12.9. The van der Waals surface area contributed by atoms with Gasteiger partial charge in [0, 0.05) is 37.9 Å². The van der Waals surface area contributed by atoms with Gasteiger partial charge in [0.2, 0.25) is 5.91 Å². The molecule has 1 aliphatic carbocycles. The number of likely N-dealkylation sites (tertiary alicyclic amines) is 1. The standard InChI is InChI=1S/C19H28FN5O.HI/c1-21-19(22-12-18(26)23-15-8-6-14(20)7-9-15)24-16-10-11-25(13-16)17-4-2-3-5-17;/h6-9,16-17H,2-5,10-13H2,1H3,(H,23,26)(H2,21,22,24);1H. The first-order valence-corrected chi connectivity index (χ1v) is 9.40. The number of carbonyl (C=O) groups is 1. The lowest BCUT2D eigenvalue weighted by atomic mass is 10.2. The largest absolute Gasteiger partial charge is 0.352 e. The summed E-state index contributed by atoms with van der Waals surface area (Å²) in [7, 11) is 1.71. The van der Waals surface area contributed by atoms with Gasteiger partial charge in [-0.25, -0.2) is 4.39 Å². The van der Waals surface area contributed by atoms with Crippen LogP contribution in [0, 0.1) is 5.82 Å². The first-order chi connectivity index (χ1) is 12.6. The molecular formula is C19H29FIN5O. The normalized spacial score (nSPS) is 21.0. The fourth-order valence-corrected chi connectivity index (χ4v) is 3.80. The molecule has 1 unspecified atom stereocenters. The second-order valence-corrected chi connectivity index (χ2v) is 7.04. The molecule has 1 amide bonds. The molecular weight excluding hydrogens is 460 g/mol. The van der Waals surface area contributed by atoms with Crippen molar-refractivity contribution in [2.45, 2.75) is 44.2 Å². The minimum absolute atomic E-state index is 0. The van der Waals surface area contributed by atoms with Crippen molar-refractivity contribution in [2.24, 2.45) is 4.99 Å². The molecule has 3 N–H and O–H groups in total. The number of amides is 1. The summed E-state index contributed by atoms with van der Waals surface area (Å²) in [5, 5.41) is 9.19. The van der Waals surface area contributed by atoms with Crippen LogP contribution in [0.2, 0.25) is 0 Å². The molecule has 8 heteroatoms. The number of guanidine groups is 1. The molecule has 1 aromatic rings. The van der Waals surface area contributed by atoms with E-state index in [9.17, 15) is 9.18 Å². The van der Waals surface area contributed by atoms with Crippen molar-refractivity contribution in [2.75, 3.05) is 32.0 Å². The quantitative estimate of drug-likeness (QED) is 0.338. The number of benzene rings is 1. The number of hydrogen-bond donors (Lipinski definition) is 3. The molecule has 150 valence electrons. The summed E-state index contributed by atoms with van der Waals surface area (Å²) >= 11 is 0. The van der Waals surface area contributed by atoms with Gasteiger partial charge in [-0.2, -0.15) is 0 Å². The van der Waals surface area contributed by atoms with Gasteiger partial charge >= 0.3 is 0 Å². The average molecular weight is 489 g/mol. The lowest BCUT2D eigenvalue weighted by Gasteiger charge is -2.24. The molecule has 0 radical (unpaired) electrons. The van der Waals surface area contributed by atoms with E-state index >= 15 is 0 Å². The van der Waals surface area contributed by atoms with Crippen LogP contribution in [0.15, 0.2) is 29.3 Å². The highest BCUT2D eigenvalue weighted by atomic mass is 127. The van der Waals surface area contributed by atoms with Gasteiger partial charge in [0.15, 0.2) is 5.96 Å². The third kappa shape index (κ3) is 6.60. The minimum atomic E-state index is -0.325. The van der Waals surface area contributed by atoms with Gasteiger partial charge < -0.3 is 16.0 Å². The lowest BCUT2D eigenvalue weighted by Crippen LogP contribution is -2.47. The van der Waals surface area contributed by atoms with Gasteiger partial charge in [-0.3, -0.25) is 14.7 Å². The van der Waals surface area contributed by atoms with Crippen LogP contribution in [0.4, 0.5) is 10.1 Å². The van der Waals surface area contributed by atoms with Crippen LogP contribution in [-0.4, -0.2) is 55.5 Å². The van der Waals surface area contributed by atoms with Gasteiger partial charge in [0.25, 0.3) is 0 Å². The zero-order valence-electron chi connectivity index (χ0n) is 15.7. The molecule has 6 nitrogen and oxygen atoms in total. The SMILES string of the molecule is CN=C(NCC(=O)Nc1ccc(F)cc1)NC1CCN(C2CCCC2)C1.I. The van der Waals surface area contributed by atoms with Crippen molar-refractivity contribution in [3.05, 3.63) is 30.1 Å². The summed E-state index contributed by atoms with van der Waals surface area (Å²) in [5.41, 5.74) is 0.573. The molecule has 2 fully saturated rings. The molecule has 1 aliphatic heterocycles. The van der Waals surface area contributed by atoms with E-state index in [1.165, 1.54) is 49.9 Å². The number of hydrogen-bond acceptors (Lipinski definition) is 3. The minimum Gasteiger partial charge on any atom is -0.352 e. The van der Waals surface area contributed by atoms with Gasteiger partial charge in [-0.05, 0) is 43.5 Å². The van der Waals surface area contributed by atoms with Crippen LogP contribution in [-0.2, 0) is 4.79 Å². The number of nitrogens with zero attached hydrogens (tertiary/aromatic N) is 2. The maximum Gasteiger partial charge on any atom is 0.243 e. The van der Waals surface area contributed by atoms with Gasteiger partial charge in [-0.15, -0.1) is 24.0 Å². The van der Waals surface area contributed by atoms with Crippen molar-refractivity contribution >= 4 is 41.5 Å². The monoisotopic (exact) mass is 489 g/mol. The van der Waals surface area contributed by atoms with Crippen molar-refractivity contribution in [1.82, 2.24) is 15.5 Å². The van der Waals surface area contributed by atoms with Gasteiger partial charge in [-0.1, -0.05) is 12.8 Å². The summed E-state index contributed by atoms with van der Waals surface area (Å²) in [4.78, 5) is 18.8. The van der Waals surface area contributed by atoms with Crippen LogP contribution in [0.5, 0.6) is 0 Å². The van der Waals surface area contributed by atoms with Crippen LogP contribution >= 0.6 is 24.0 Å². The Kier molecular flexibility index (Phi) is 8.75. The molecule has 1 saturated heterocycles. The summed E-state index contributed by atoms with van der Waals surface area (Å²) in [6.45, 7) is 2.27. The molecule has 1 atom stereocenters. The average Bonchev–Trinajstić information content (AvgIpc) is 3.32. The first-order valence-electron chi connectivity index (χ1n) is 9.40. The summed E-state index contributed by atoms with van der Waals surface area (Å²) in [5.74, 6) is 0.116. The van der Waals surface area contributed by atoms with E-state index in [-0.39, 0.29) is 42.2 Å². The molecule has 0 bridgehead atoms. The maximum absolute atomic E-state index is 12.9. The Morgan fingerprint density at radius 3 is 2.59 bits per heavy atom. The number of rotatable bonds is 5. The van der Waals surface area contributed by atoms with Crippen LogP contribution in [0.25, 0.3) is 0 Å². The van der Waals surface area contributed by atoms with E-state index in [0.29, 0.717) is 17.7 Å². The number of aliphatic imine (C=N–C) groups is 1. The molecule has 0 aromatic heterocycles. The van der Waals surface area contributed by atoms with E-state index in [2.05, 4.69) is 25.8 Å². The molecule has 3 rings (SSSR count). The number of halogens is 2. The van der Waals surface area contributed by atoms with Crippen molar-refractivity contribution in [1.29, 1.82) is 0 Å². The fraction of sp³-hybridized carbons (Fsp3) is 0.579. The van der Waals surface area contributed by atoms with E-state index in [1.54, 1.807) is 7.05 Å². The first kappa shape index (κ1) is 21.9. The predicted octanol–water partition coefficient (Wildman–Crippen LogP) is 2.56. The number of carbonyl (C=O) groups excluding carboxylic acids is 1. The van der Waals surface area contributed by atoms with Crippen molar-refractivity contribution in [3.8, 4) is 0 Å². The second kappa shape index (κ2) is 10.8. The second-order valence-electron chi connectivity index (χ2n) is 7.04. The Hall–Kier alpha value is -1.42. The molecule has 2 aliphatic rings. The van der Waals surface area contributed by atoms with E-state index in [4.69, 9.17) is 0 Å². The smallest absolute Gasteiger partial charge is 0.243 e. The van der Waals surface area contributed by atoms with Crippen LogP contribution in [0.1, 0.15) is 32.1 Å². The topological polar surface area (TPSA) is 68.8 Å². The Balaban J connectivity index is 0.00000261. The third-order valence-corrected chi connectivity index (χ3v) is 5.17. The molecule has 0 spiro atoms. The Bertz CT molecular complexity index is 633. The Labute approximate surface area is 177 Å².